The Morgan fingerprint density at radius 2 is 1.76 bits per heavy atom. The minimum Gasteiger partial charge on any atom is -0.422 e. The molecule has 0 saturated heterocycles. The molecule has 0 bridgehead atoms. The van der Waals surface area contributed by atoms with Gasteiger partial charge in [-0.1, -0.05) is 57.9 Å². The SMILES string of the molecule is O=C(/C=C/c1ccc(Cl)cc1)Oc1c(Br)cc(Br)cc1/C=C1\N=C(c2ccccc2)OC1=O. The standard InChI is InChI=1S/C25H14Br2ClNO4/c26-18-12-17(13-21-25(31)33-24(29-21)16-4-2-1-3-5-16)23(20(27)14-18)32-22(30)11-8-15-6-9-19(28)10-7-15/h1-14H/b11-8+,21-13-. The van der Waals surface area contributed by atoms with Crippen molar-refractivity contribution in [2.45, 2.75) is 0 Å². The zero-order valence-electron chi connectivity index (χ0n) is 16.8. The van der Waals surface area contributed by atoms with Gasteiger partial charge in [-0.15, -0.1) is 0 Å². The van der Waals surface area contributed by atoms with E-state index in [2.05, 4.69) is 36.9 Å². The number of esters is 2. The van der Waals surface area contributed by atoms with E-state index in [-0.39, 0.29) is 17.3 Å². The van der Waals surface area contributed by atoms with Crippen molar-refractivity contribution < 1.29 is 19.1 Å². The van der Waals surface area contributed by atoms with Gasteiger partial charge in [0.1, 0.15) is 0 Å². The zero-order chi connectivity index (χ0) is 23.4. The van der Waals surface area contributed by atoms with Crippen molar-refractivity contribution in [1.29, 1.82) is 0 Å². The van der Waals surface area contributed by atoms with Gasteiger partial charge in [0.25, 0.3) is 0 Å². The van der Waals surface area contributed by atoms with Gasteiger partial charge in [-0.05, 0) is 70.0 Å². The lowest BCUT2D eigenvalue weighted by Crippen LogP contribution is -2.06. The third kappa shape index (κ3) is 5.87. The lowest BCUT2D eigenvalue weighted by Gasteiger charge is -2.09. The molecule has 3 aromatic rings. The maximum absolute atomic E-state index is 12.5. The van der Waals surface area contributed by atoms with Crippen LogP contribution in [-0.2, 0) is 14.3 Å². The van der Waals surface area contributed by atoms with Crippen LogP contribution >= 0.6 is 43.5 Å². The van der Waals surface area contributed by atoms with Crippen LogP contribution < -0.4 is 4.74 Å². The Kier molecular flexibility index (Phi) is 7.23. The largest absolute Gasteiger partial charge is 0.422 e. The monoisotopic (exact) mass is 585 g/mol. The fourth-order valence-corrected chi connectivity index (χ4v) is 4.39. The van der Waals surface area contributed by atoms with E-state index in [1.165, 1.54) is 12.2 Å². The maximum atomic E-state index is 12.5. The number of aliphatic imine (C=N–C) groups is 1. The highest BCUT2D eigenvalue weighted by Crippen LogP contribution is 2.35. The fraction of sp³-hybridized carbons (Fsp3) is 0. The van der Waals surface area contributed by atoms with Crippen molar-refractivity contribution in [3.8, 4) is 5.75 Å². The second-order valence-electron chi connectivity index (χ2n) is 6.81. The second kappa shape index (κ2) is 10.3. The quantitative estimate of drug-likeness (QED) is 0.187. The lowest BCUT2D eigenvalue weighted by atomic mass is 10.1. The molecule has 4 rings (SSSR count). The number of hydrogen-bond donors (Lipinski definition) is 0. The molecule has 0 saturated carbocycles. The molecular weight excluding hydrogens is 574 g/mol. The van der Waals surface area contributed by atoms with Crippen LogP contribution in [0.4, 0.5) is 0 Å². The van der Waals surface area contributed by atoms with E-state index in [1.54, 1.807) is 54.6 Å². The highest BCUT2D eigenvalue weighted by molar-refractivity contribution is 9.11. The Hall–Kier alpha value is -3.00. The Morgan fingerprint density at radius 3 is 2.48 bits per heavy atom. The first-order valence-electron chi connectivity index (χ1n) is 9.61. The van der Waals surface area contributed by atoms with Gasteiger partial charge in [-0.3, -0.25) is 0 Å². The first kappa shape index (κ1) is 23.2. The Bertz CT molecular complexity index is 1320. The Balaban J connectivity index is 1.62. The second-order valence-corrected chi connectivity index (χ2v) is 9.02. The normalized spacial score (nSPS) is 14.5. The molecule has 5 nitrogen and oxygen atoms in total. The Morgan fingerprint density at radius 1 is 1.03 bits per heavy atom. The molecule has 0 N–H and O–H groups in total. The van der Waals surface area contributed by atoms with Gasteiger partial charge in [0.15, 0.2) is 11.4 Å². The molecule has 1 aliphatic heterocycles. The topological polar surface area (TPSA) is 65.0 Å². The molecule has 33 heavy (non-hydrogen) atoms. The van der Waals surface area contributed by atoms with Crippen LogP contribution in [0.25, 0.3) is 12.2 Å². The molecule has 1 aliphatic rings. The molecule has 0 radical (unpaired) electrons. The molecule has 0 aliphatic carbocycles. The van der Waals surface area contributed by atoms with Gasteiger partial charge in [0, 0.05) is 26.7 Å². The lowest BCUT2D eigenvalue weighted by molar-refractivity contribution is -0.130. The predicted molar refractivity (Wildman–Crippen MR) is 135 cm³/mol. The maximum Gasteiger partial charge on any atom is 0.363 e. The summed E-state index contributed by atoms with van der Waals surface area (Å²) in [6.45, 7) is 0. The zero-order valence-corrected chi connectivity index (χ0v) is 20.7. The van der Waals surface area contributed by atoms with Gasteiger partial charge in [0.05, 0.1) is 4.47 Å². The number of cyclic esters (lactones) is 1. The Labute approximate surface area is 211 Å². The molecule has 0 atom stereocenters. The van der Waals surface area contributed by atoms with E-state index in [4.69, 9.17) is 21.1 Å². The minimum atomic E-state index is -0.593. The van der Waals surface area contributed by atoms with Crippen LogP contribution in [0.15, 0.2) is 92.4 Å². The summed E-state index contributed by atoms with van der Waals surface area (Å²) in [5.41, 5.74) is 2.04. The third-order valence-corrected chi connectivity index (χ3v) is 5.75. The van der Waals surface area contributed by atoms with Crippen LogP contribution in [0.5, 0.6) is 5.75 Å². The molecule has 0 amide bonds. The van der Waals surface area contributed by atoms with Gasteiger partial charge in [0.2, 0.25) is 5.90 Å². The number of rotatable bonds is 5. The van der Waals surface area contributed by atoms with Gasteiger partial charge in [-0.25, -0.2) is 14.6 Å². The van der Waals surface area contributed by atoms with E-state index < -0.39 is 11.9 Å². The average molecular weight is 588 g/mol. The highest BCUT2D eigenvalue weighted by Gasteiger charge is 2.25. The summed E-state index contributed by atoms with van der Waals surface area (Å²) >= 11 is 12.7. The summed E-state index contributed by atoms with van der Waals surface area (Å²) in [5.74, 6) is -0.724. The summed E-state index contributed by atoms with van der Waals surface area (Å²) in [6, 6.07) is 19.6. The summed E-state index contributed by atoms with van der Waals surface area (Å²) < 4.78 is 12.1. The number of carbonyl (C=O) groups is 2. The van der Waals surface area contributed by atoms with E-state index in [9.17, 15) is 9.59 Å². The van der Waals surface area contributed by atoms with Crippen molar-refractivity contribution in [1.82, 2.24) is 0 Å². The summed E-state index contributed by atoms with van der Waals surface area (Å²) in [5, 5.41) is 0.606. The van der Waals surface area contributed by atoms with Crippen molar-refractivity contribution in [2.24, 2.45) is 4.99 Å². The number of ether oxygens (including phenoxy) is 2. The highest BCUT2D eigenvalue weighted by atomic mass is 79.9. The number of carbonyl (C=O) groups excluding carboxylic acids is 2. The van der Waals surface area contributed by atoms with Crippen molar-refractivity contribution in [3.05, 3.63) is 109 Å². The van der Waals surface area contributed by atoms with Gasteiger partial charge >= 0.3 is 11.9 Å². The third-order valence-electron chi connectivity index (χ3n) is 4.46. The smallest absolute Gasteiger partial charge is 0.363 e. The number of hydrogen-bond acceptors (Lipinski definition) is 5. The molecule has 0 fully saturated rings. The van der Waals surface area contributed by atoms with E-state index >= 15 is 0 Å². The van der Waals surface area contributed by atoms with E-state index in [1.807, 2.05) is 18.2 Å². The molecule has 3 aromatic carbocycles. The number of halogens is 3. The van der Waals surface area contributed by atoms with E-state index in [0.29, 0.717) is 20.6 Å². The molecule has 0 aromatic heterocycles. The predicted octanol–water partition coefficient (Wildman–Crippen LogP) is 6.83. The molecule has 164 valence electrons. The average Bonchev–Trinajstić information content (AvgIpc) is 3.16. The first-order valence-corrected chi connectivity index (χ1v) is 11.6. The number of nitrogens with zero attached hydrogens (tertiary/aromatic N) is 1. The van der Waals surface area contributed by atoms with Crippen LogP contribution in [0.1, 0.15) is 16.7 Å². The van der Waals surface area contributed by atoms with Crippen molar-refractivity contribution in [2.75, 3.05) is 0 Å². The van der Waals surface area contributed by atoms with Crippen LogP contribution in [0.2, 0.25) is 5.02 Å². The molecule has 0 unspecified atom stereocenters. The molecule has 1 heterocycles. The first-order chi connectivity index (χ1) is 15.9. The van der Waals surface area contributed by atoms with Crippen molar-refractivity contribution >= 4 is 73.4 Å². The van der Waals surface area contributed by atoms with Crippen LogP contribution in [0.3, 0.4) is 0 Å². The van der Waals surface area contributed by atoms with Crippen LogP contribution in [-0.4, -0.2) is 17.8 Å². The number of benzene rings is 3. The van der Waals surface area contributed by atoms with Crippen molar-refractivity contribution in [3.63, 3.8) is 0 Å². The summed E-state index contributed by atoms with van der Waals surface area (Å²) in [4.78, 5) is 29.2. The molecule has 0 spiro atoms. The van der Waals surface area contributed by atoms with Crippen LogP contribution in [0, 0.1) is 0 Å². The molecular formula is C25H14Br2ClNO4. The van der Waals surface area contributed by atoms with E-state index in [0.717, 1.165) is 10.0 Å². The molecule has 8 heteroatoms. The summed E-state index contributed by atoms with van der Waals surface area (Å²) in [6.07, 6.45) is 4.44. The summed E-state index contributed by atoms with van der Waals surface area (Å²) in [7, 11) is 0. The fourth-order valence-electron chi connectivity index (χ4n) is 2.93. The van der Waals surface area contributed by atoms with Gasteiger partial charge < -0.3 is 9.47 Å². The minimum absolute atomic E-state index is 0.0906. The van der Waals surface area contributed by atoms with Gasteiger partial charge in [-0.2, -0.15) is 0 Å².